The van der Waals surface area contributed by atoms with Gasteiger partial charge in [-0.25, -0.2) is 13.1 Å². The van der Waals surface area contributed by atoms with E-state index in [1.165, 1.54) is 0 Å². The molecule has 0 spiro atoms. The molecule has 5 heteroatoms. The van der Waals surface area contributed by atoms with Crippen molar-refractivity contribution in [2.24, 2.45) is 0 Å². The Morgan fingerprint density at radius 1 is 1.05 bits per heavy atom. The largest absolute Gasteiger partial charge is 0.398 e. The lowest BCUT2D eigenvalue weighted by Gasteiger charge is -2.16. The lowest BCUT2D eigenvalue weighted by molar-refractivity contribution is 0.567. The molecular formula is C15H18N2O2S. The number of nitrogen functional groups attached to an aromatic ring is 1. The van der Waals surface area contributed by atoms with E-state index >= 15 is 0 Å². The average molecular weight is 290 g/mol. The molecule has 0 aliphatic carbocycles. The van der Waals surface area contributed by atoms with Crippen LogP contribution in [-0.2, 0) is 10.0 Å². The summed E-state index contributed by atoms with van der Waals surface area (Å²) >= 11 is 0. The fourth-order valence-electron chi connectivity index (χ4n) is 1.99. The van der Waals surface area contributed by atoms with Crippen molar-refractivity contribution in [3.05, 3.63) is 59.7 Å². The fourth-order valence-corrected chi connectivity index (χ4v) is 3.21. The first kappa shape index (κ1) is 14.6. The van der Waals surface area contributed by atoms with Crippen molar-refractivity contribution in [1.82, 2.24) is 4.72 Å². The molecule has 2 rings (SSSR count). The van der Waals surface area contributed by atoms with E-state index in [1.54, 1.807) is 37.3 Å². The lowest BCUT2D eigenvalue weighted by atomic mass is 10.1. The topological polar surface area (TPSA) is 72.2 Å². The van der Waals surface area contributed by atoms with Gasteiger partial charge < -0.3 is 5.73 Å². The monoisotopic (exact) mass is 290 g/mol. The zero-order valence-electron chi connectivity index (χ0n) is 11.5. The molecule has 4 nitrogen and oxygen atoms in total. The molecule has 0 saturated heterocycles. The number of aryl methyl sites for hydroxylation is 1. The molecule has 20 heavy (non-hydrogen) atoms. The quantitative estimate of drug-likeness (QED) is 0.850. The summed E-state index contributed by atoms with van der Waals surface area (Å²) in [5.41, 5.74) is 8.22. The smallest absolute Gasteiger partial charge is 0.241 e. The average Bonchev–Trinajstić information content (AvgIpc) is 2.39. The van der Waals surface area contributed by atoms with Crippen LogP contribution in [0.1, 0.15) is 24.1 Å². The van der Waals surface area contributed by atoms with Gasteiger partial charge in [0.25, 0.3) is 0 Å². The second kappa shape index (κ2) is 5.64. The van der Waals surface area contributed by atoms with Crippen LogP contribution in [0.25, 0.3) is 0 Å². The third-order valence-electron chi connectivity index (χ3n) is 3.13. The van der Waals surface area contributed by atoms with E-state index in [1.807, 2.05) is 25.1 Å². The second-order valence-corrected chi connectivity index (χ2v) is 6.50. The molecule has 0 amide bonds. The number of nitrogens with one attached hydrogen (secondary N) is 1. The van der Waals surface area contributed by atoms with Gasteiger partial charge in [-0.3, -0.25) is 0 Å². The van der Waals surface area contributed by atoms with Gasteiger partial charge in [0.1, 0.15) is 0 Å². The predicted octanol–water partition coefficient (Wildman–Crippen LogP) is 2.62. The second-order valence-electron chi connectivity index (χ2n) is 4.78. The van der Waals surface area contributed by atoms with Crippen LogP contribution in [0.3, 0.4) is 0 Å². The van der Waals surface area contributed by atoms with Crippen molar-refractivity contribution < 1.29 is 8.42 Å². The maximum Gasteiger partial charge on any atom is 0.241 e. The molecule has 0 radical (unpaired) electrons. The molecule has 2 aromatic carbocycles. The summed E-state index contributed by atoms with van der Waals surface area (Å²) < 4.78 is 27.2. The van der Waals surface area contributed by atoms with Crippen LogP contribution in [0.4, 0.5) is 5.69 Å². The van der Waals surface area contributed by atoms with Crippen LogP contribution in [0.5, 0.6) is 0 Å². The molecule has 0 heterocycles. The van der Waals surface area contributed by atoms with E-state index in [0.717, 1.165) is 11.1 Å². The number of para-hydroxylation sites is 1. The van der Waals surface area contributed by atoms with Gasteiger partial charge >= 0.3 is 0 Å². The Balaban J connectivity index is 2.24. The highest BCUT2D eigenvalue weighted by Crippen LogP contribution is 2.21. The number of nitrogens with two attached hydrogens (primary N) is 1. The standard InChI is InChI=1S/C15H18N2O2S/c1-11-7-9-13(10-8-11)20(18,19)17-12(2)14-5-3-4-6-15(14)16/h3-10,12,17H,16H2,1-2H3. The third-order valence-corrected chi connectivity index (χ3v) is 4.68. The van der Waals surface area contributed by atoms with Gasteiger partial charge in [-0.2, -0.15) is 0 Å². The normalized spacial score (nSPS) is 13.1. The summed E-state index contributed by atoms with van der Waals surface area (Å²) in [7, 11) is -3.55. The highest BCUT2D eigenvalue weighted by molar-refractivity contribution is 7.89. The highest BCUT2D eigenvalue weighted by Gasteiger charge is 2.19. The first-order chi connectivity index (χ1) is 9.40. The molecule has 0 bridgehead atoms. The van der Waals surface area contributed by atoms with Crippen LogP contribution in [0, 0.1) is 6.92 Å². The number of rotatable bonds is 4. The van der Waals surface area contributed by atoms with Gasteiger partial charge in [-0.05, 0) is 37.6 Å². The Morgan fingerprint density at radius 2 is 1.65 bits per heavy atom. The molecule has 106 valence electrons. The van der Waals surface area contributed by atoms with E-state index in [0.29, 0.717) is 5.69 Å². The Hall–Kier alpha value is -1.85. The number of sulfonamides is 1. The predicted molar refractivity (Wildman–Crippen MR) is 80.8 cm³/mol. The van der Waals surface area contributed by atoms with Crippen LogP contribution >= 0.6 is 0 Å². The van der Waals surface area contributed by atoms with E-state index in [4.69, 9.17) is 5.73 Å². The number of benzene rings is 2. The maximum absolute atomic E-state index is 12.3. The van der Waals surface area contributed by atoms with E-state index in [-0.39, 0.29) is 10.9 Å². The van der Waals surface area contributed by atoms with Gasteiger partial charge in [0.15, 0.2) is 0 Å². The van der Waals surface area contributed by atoms with Gasteiger partial charge in [-0.15, -0.1) is 0 Å². The third kappa shape index (κ3) is 3.18. The number of hydrogen-bond acceptors (Lipinski definition) is 3. The van der Waals surface area contributed by atoms with Crippen molar-refractivity contribution in [3.8, 4) is 0 Å². The van der Waals surface area contributed by atoms with Crippen molar-refractivity contribution in [3.63, 3.8) is 0 Å². The van der Waals surface area contributed by atoms with Gasteiger partial charge in [0.05, 0.1) is 4.90 Å². The van der Waals surface area contributed by atoms with Crippen molar-refractivity contribution in [2.45, 2.75) is 24.8 Å². The Kier molecular flexibility index (Phi) is 4.11. The summed E-state index contributed by atoms with van der Waals surface area (Å²) in [4.78, 5) is 0.254. The molecule has 0 aliphatic heterocycles. The molecule has 0 saturated carbocycles. The minimum Gasteiger partial charge on any atom is -0.398 e. The Bertz CT molecular complexity index is 694. The minimum absolute atomic E-state index is 0.254. The molecule has 2 aromatic rings. The summed E-state index contributed by atoms with van der Waals surface area (Å²) in [5, 5.41) is 0. The van der Waals surface area contributed by atoms with Gasteiger partial charge in [-0.1, -0.05) is 35.9 Å². The van der Waals surface area contributed by atoms with Gasteiger partial charge in [0, 0.05) is 11.7 Å². The molecule has 0 aromatic heterocycles. The van der Waals surface area contributed by atoms with Crippen molar-refractivity contribution >= 4 is 15.7 Å². The minimum atomic E-state index is -3.55. The van der Waals surface area contributed by atoms with Crippen molar-refractivity contribution in [1.29, 1.82) is 0 Å². The summed E-state index contributed by atoms with van der Waals surface area (Å²) in [6.07, 6.45) is 0. The molecular weight excluding hydrogens is 272 g/mol. The Labute approximate surface area is 119 Å². The molecule has 0 aliphatic rings. The summed E-state index contributed by atoms with van der Waals surface area (Å²) in [5.74, 6) is 0. The van der Waals surface area contributed by atoms with Crippen LogP contribution in [0.15, 0.2) is 53.4 Å². The molecule has 3 N–H and O–H groups in total. The Morgan fingerprint density at radius 3 is 2.25 bits per heavy atom. The first-order valence-corrected chi connectivity index (χ1v) is 7.82. The van der Waals surface area contributed by atoms with E-state index in [2.05, 4.69) is 4.72 Å². The summed E-state index contributed by atoms with van der Waals surface area (Å²) in [6.45, 7) is 3.69. The summed E-state index contributed by atoms with van der Waals surface area (Å²) in [6, 6.07) is 13.6. The first-order valence-electron chi connectivity index (χ1n) is 6.33. The van der Waals surface area contributed by atoms with Crippen LogP contribution in [0.2, 0.25) is 0 Å². The molecule has 1 atom stereocenters. The fraction of sp³-hybridized carbons (Fsp3) is 0.200. The molecule has 0 fully saturated rings. The lowest BCUT2D eigenvalue weighted by Crippen LogP contribution is -2.27. The highest BCUT2D eigenvalue weighted by atomic mass is 32.2. The molecule has 1 unspecified atom stereocenters. The van der Waals surface area contributed by atoms with Crippen molar-refractivity contribution in [2.75, 3.05) is 5.73 Å². The van der Waals surface area contributed by atoms with Gasteiger partial charge in [0.2, 0.25) is 10.0 Å². The zero-order chi connectivity index (χ0) is 14.8. The van der Waals surface area contributed by atoms with Crippen LogP contribution in [-0.4, -0.2) is 8.42 Å². The van der Waals surface area contributed by atoms with E-state index < -0.39 is 10.0 Å². The number of anilines is 1. The number of hydrogen-bond donors (Lipinski definition) is 2. The van der Waals surface area contributed by atoms with Crippen LogP contribution < -0.4 is 10.5 Å². The SMILES string of the molecule is Cc1ccc(S(=O)(=O)NC(C)c2ccccc2N)cc1. The van der Waals surface area contributed by atoms with E-state index in [9.17, 15) is 8.42 Å². The zero-order valence-corrected chi connectivity index (χ0v) is 12.3. The maximum atomic E-state index is 12.3.